The van der Waals surface area contributed by atoms with Crippen LogP contribution in [0.4, 0.5) is 0 Å². The first-order chi connectivity index (χ1) is 19.5. The number of hydrogen-bond donors (Lipinski definition) is 2. The zero-order valence-corrected chi connectivity index (χ0v) is 25.0. The summed E-state index contributed by atoms with van der Waals surface area (Å²) >= 11 is 6.55. The minimum absolute atomic E-state index is 0. The topological polar surface area (TPSA) is 105 Å². The van der Waals surface area contributed by atoms with Crippen molar-refractivity contribution in [2.45, 2.75) is 59.0 Å². The molecule has 0 saturated carbocycles. The van der Waals surface area contributed by atoms with Crippen molar-refractivity contribution in [3.05, 3.63) is 83.4 Å². The summed E-state index contributed by atoms with van der Waals surface area (Å²) < 4.78 is 5.53. The van der Waals surface area contributed by atoms with E-state index in [1.54, 1.807) is 0 Å². The molecule has 0 radical (unpaired) electrons. The maximum atomic E-state index is 11.7. The summed E-state index contributed by atoms with van der Waals surface area (Å²) in [5.74, 6) is 0.275. The summed E-state index contributed by atoms with van der Waals surface area (Å²) in [5.41, 5.74) is 9.60. The SMILES string of the molecule is CC(C)(C)N.CCC1(C(=O)O)CCN(Cc2ccc(-c3noc(-c4ccc(-c5ccccc5)c(Cl)c4)n3)cc2)CC1. The fourth-order valence-electron chi connectivity index (χ4n) is 4.83. The molecule has 41 heavy (non-hydrogen) atoms. The number of aromatic nitrogens is 2. The highest BCUT2D eigenvalue weighted by Crippen LogP contribution is 2.36. The molecule has 8 heteroatoms. The Morgan fingerprint density at radius 2 is 1.61 bits per heavy atom. The van der Waals surface area contributed by atoms with E-state index in [4.69, 9.17) is 21.9 Å². The number of hydrogen-bond acceptors (Lipinski definition) is 6. The minimum Gasteiger partial charge on any atom is -0.481 e. The lowest BCUT2D eigenvalue weighted by Gasteiger charge is -2.38. The Morgan fingerprint density at radius 3 is 2.17 bits per heavy atom. The molecule has 3 N–H and O–H groups in total. The highest BCUT2D eigenvalue weighted by molar-refractivity contribution is 6.33. The number of carbonyl (C=O) groups is 1. The smallest absolute Gasteiger partial charge is 0.309 e. The lowest BCUT2D eigenvalue weighted by molar-refractivity contribution is -0.152. The normalized spacial score (nSPS) is 15.2. The van der Waals surface area contributed by atoms with Gasteiger partial charge in [0, 0.05) is 33.8 Å². The Bertz CT molecular complexity index is 1430. The Hall–Kier alpha value is -3.52. The van der Waals surface area contributed by atoms with Crippen LogP contribution in [0.25, 0.3) is 34.0 Å². The van der Waals surface area contributed by atoms with Gasteiger partial charge >= 0.3 is 5.97 Å². The van der Waals surface area contributed by atoms with Crippen molar-refractivity contribution >= 4 is 17.6 Å². The van der Waals surface area contributed by atoms with E-state index in [1.165, 1.54) is 5.56 Å². The summed E-state index contributed by atoms with van der Waals surface area (Å²) in [5, 5.41) is 14.4. The van der Waals surface area contributed by atoms with Crippen LogP contribution >= 0.6 is 11.6 Å². The van der Waals surface area contributed by atoms with Gasteiger partial charge in [-0.2, -0.15) is 4.98 Å². The monoisotopic (exact) mass is 574 g/mol. The molecule has 1 aromatic heterocycles. The first kappa shape index (κ1) is 30.4. The Balaban J connectivity index is 0.000000714. The van der Waals surface area contributed by atoms with E-state index in [0.717, 1.165) is 41.9 Å². The molecule has 0 spiro atoms. The average Bonchev–Trinajstić information content (AvgIpc) is 3.44. The van der Waals surface area contributed by atoms with Crippen molar-refractivity contribution in [2.75, 3.05) is 13.1 Å². The van der Waals surface area contributed by atoms with Gasteiger partial charge < -0.3 is 15.4 Å². The molecule has 1 aliphatic rings. The number of carboxylic acid groups (broad SMARTS) is 1. The summed E-state index contributed by atoms with van der Waals surface area (Å²) in [6.45, 7) is 10.3. The van der Waals surface area contributed by atoms with Crippen molar-refractivity contribution in [3.63, 3.8) is 0 Å². The van der Waals surface area contributed by atoms with Crippen LogP contribution in [-0.4, -0.2) is 44.7 Å². The van der Waals surface area contributed by atoms with E-state index >= 15 is 0 Å². The first-order valence-electron chi connectivity index (χ1n) is 14.0. The number of carboxylic acids is 1. The molecule has 0 unspecified atom stereocenters. The first-order valence-corrected chi connectivity index (χ1v) is 14.4. The van der Waals surface area contributed by atoms with E-state index in [-0.39, 0.29) is 5.54 Å². The number of nitrogens with zero attached hydrogens (tertiary/aromatic N) is 3. The van der Waals surface area contributed by atoms with Gasteiger partial charge in [-0.25, -0.2) is 0 Å². The van der Waals surface area contributed by atoms with Crippen LogP contribution < -0.4 is 5.73 Å². The van der Waals surface area contributed by atoms with Gasteiger partial charge in [0.2, 0.25) is 5.82 Å². The fraction of sp³-hybridized carbons (Fsp3) is 0.364. The number of nitrogens with two attached hydrogens (primary N) is 1. The highest BCUT2D eigenvalue weighted by Gasteiger charge is 2.39. The molecule has 0 atom stereocenters. The second-order valence-electron chi connectivity index (χ2n) is 11.8. The molecule has 3 aromatic carbocycles. The lowest BCUT2D eigenvalue weighted by atomic mass is 9.76. The quantitative estimate of drug-likeness (QED) is 0.235. The number of likely N-dealkylation sites (tertiary alicyclic amines) is 1. The van der Waals surface area contributed by atoms with Gasteiger partial charge in [0.15, 0.2) is 0 Å². The summed E-state index contributed by atoms with van der Waals surface area (Å²) in [7, 11) is 0. The number of piperidine rings is 1. The van der Waals surface area contributed by atoms with E-state index in [1.807, 2.05) is 88.4 Å². The third kappa shape index (κ3) is 8.03. The van der Waals surface area contributed by atoms with Crippen LogP contribution in [0.1, 0.15) is 52.5 Å². The Kier molecular flexibility index (Phi) is 9.64. The van der Waals surface area contributed by atoms with Crippen LogP contribution in [-0.2, 0) is 11.3 Å². The molecule has 5 rings (SSSR count). The Morgan fingerprint density at radius 1 is 1.00 bits per heavy atom. The number of halogens is 1. The van der Waals surface area contributed by atoms with Gasteiger partial charge in [0.05, 0.1) is 5.41 Å². The molecule has 0 amide bonds. The molecule has 216 valence electrons. The Labute approximate surface area is 247 Å². The van der Waals surface area contributed by atoms with E-state index < -0.39 is 11.4 Å². The lowest BCUT2D eigenvalue weighted by Crippen LogP contribution is -2.43. The van der Waals surface area contributed by atoms with Gasteiger partial charge in [-0.05, 0) is 76.4 Å². The van der Waals surface area contributed by atoms with Crippen molar-refractivity contribution in [3.8, 4) is 34.0 Å². The van der Waals surface area contributed by atoms with Crippen molar-refractivity contribution in [2.24, 2.45) is 11.1 Å². The third-order valence-corrected chi connectivity index (χ3v) is 7.60. The maximum Gasteiger partial charge on any atom is 0.309 e. The molecule has 0 bridgehead atoms. The van der Waals surface area contributed by atoms with Gasteiger partial charge in [-0.1, -0.05) is 84.3 Å². The molecular weight excluding hydrogens is 536 g/mol. The van der Waals surface area contributed by atoms with Gasteiger partial charge in [-0.15, -0.1) is 0 Å². The minimum atomic E-state index is -0.664. The maximum absolute atomic E-state index is 11.7. The van der Waals surface area contributed by atoms with Crippen molar-refractivity contribution in [1.29, 1.82) is 0 Å². The van der Waals surface area contributed by atoms with Crippen LogP contribution in [0.3, 0.4) is 0 Å². The van der Waals surface area contributed by atoms with E-state index in [9.17, 15) is 9.90 Å². The molecule has 1 aliphatic heterocycles. The largest absolute Gasteiger partial charge is 0.481 e. The molecule has 4 aromatic rings. The predicted octanol–water partition coefficient (Wildman–Crippen LogP) is 7.54. The summed E-state index contributed by atoms with van der Waals surface area (Å²) in [6, 6.07) is 23.9. The molecular formula is C33H39ClN4O3. The number of rotatable bonds is 7. The van der Waals surface area contributed by atoms with E-state index in [2.05, 4.69) is 27.2 Å². The van der Waals surface area contributed by atoms with Crippen LogP contribution in [0, 0.1) is 5.41 Å². The average molecular weight is 575 g/mol. The number of benzene rings is 3. The van der Waals surface area contributed by atoms with Crippen LogP contribution in [0.2, 0.25) is 5.02 Å². The zero-order chi connectivity index (χ0) is 29.6. The van der Waals surface area contributed by atoms with Gasteiger partial charge in [0.1, 0.15) is 0 Å². The molecule has 1 saturated heterocycles. The summed E-state index contributed by atoms with van der Waals surface area (Å²) in [4.78, 5) is 18.6. The molecule has 1 fully saturated rings. The second-order valence-corrected chi connectivity index (χ2v) is 12.2. The number of aliphatic carboxylic acids is 1. The van der Waals surface area contributed by atoms with Gasteiger partial charge in [0.25, 0.3) is 5.89 Å². The standard InChI is InChI=1S/C29H28ClN3O3.C4H11N/c1-2-29(28(34)35)14-16-33(17-15-29)19-20-8-10-22(11-9-20)26-31-27(36-32-26)23-12-13-24(25(30)18-23)21-6-4-3-5-7-21;1-4(2,3)5/h3-13,18H,2,14-17,19H2,1H3,(H,34,35);5H2,1-3H3. The van der Waals surface area contributed by atoms with Crippen molar-refractivity contribution < 1.29 is 14.4 Å². The summed E-state index contributed by atoms with van der Waals surface area (Å²) in [6.07, 6.45) is 2.07. The molecule has 2 heterocycles. The predicted molar refractivity (Wildman–Crippen MR) is 164 cm³/mol. The molecule has 7 nitrogen and oxygen atoms in total. The van der Waals surface area contributed by atoms with E-state index in [0.29, 0.717) is 36.0 Å². The van der Waals surface area contributed by atoms with Crippen LogP contribution in [0.5, 0.6) is 0 Å². The van der Waals surface area contributed by atoms with Gasteiger partial charge in [-0.3, -0.25) is 9.69 Å². The third-order valence-electron chi connectivity index (χ3n) is 7.29. The molecule has 0 aliphatic carbocycles. The van der Waals surface area contributed by atoms with Crippen molar-refractivity contribution in [1.82, 2.24) is 15.0 Å². The highest BCUT2D eigenvalue weighted by atomic mass is 35.5. The second kappa shape index (κ2) is 13.0. The van der Waals surface area contributed by atoms with Crippen LogP contribution in [0.15, 0.2) is 77.3 Å². The fourth-order valence-corrected chi connectivity index (χ4v) is 5.12. The zero-order valence-electron chi connectivity index (χ0n) is 24.2.